The zero-order valence-electron chi connectivity index (χ0n) is 17.4. The standard InChI is InChI=1S/C21H30N4O3.ClH/c1-21(2,3)20(28)23-17-9-5-4-8-16(17)19(27)24-11-6-7-15(14-24)25-12-10-22-13-18(25)26;/h4-5,8-9,15,22H,6-7,10-14H2,1-3H3,(H,23,28);1H. The van der Waals surface area contributed by atoms with Gasteiger partial charge in [0.05, 0.1) is 17.8 Å². The first kappa shape index (κ1) is 23.2. The number of rotatable bonds is 3. The summed E-state index contributed by atoms with van der Waals surface area (Å²) in [7, 11) is 0. The van der Waals surface area contributed by atoms with Crippen molar-refractivity contribution >= 4 is 35.8 Å². The smallest absolute Gasteiger partial charge is 0.256 e. The van der Waals surface area contributed by atoms with E-state index < -0.39 is 5.41 Å². The quantitative estimate of drug-likeness (QED) is 0.781. The Morgan fingerprint density at radius 2 is 1.90 bits per heavy atom. The van der Waals surface area contributed by atoms with Crippen molar-refractivity contribution in [3.63, 3.8) is 0 Å². The Balaban J connectivity index is 0.00000300. The minimum Gasteiger partial charge on any atom is -0.337 e. The molecule has 0 aliphatic carbocycles. The minimum absolute atomic E-state index is 0. The molecule has 3 amide bonds. The summed E-state index contributed by atoms with van der Waals surface area (Å²) in [6, 6.07) is 7.19. The van der Waals surface area contributed by atoms with Crippen LogP contribution < -0.4 is 10.6 Å². The summed E-state index contributed by atoms with van der Waals surface area (Å²) in [5, 5.41) is 5.98. The number of piperazine rings is 1. The lowest BCUT2D eigenvalue weighted by Gasteiger charge is -2.41. The molecule has 2 aliphatic heterocycles. The third-order valence-electron chi connectivity index (χ3n) is 5.34. The fraction of sp³-hybridized carbons (Fsp3) is 0.571. The number of hydrogen-bond donors (Lipinski definition) is 2. The van der Waals surface area contributed by atoms with Crippen molar-refractivity contribution in [1.29, 1.82) is 0 Å². The van der Waals surface area contributed by atoms with E-state index in [-0.39, 0.29) is 36.2 Å². The molecule has 1 aromatic carbocycles. The van der Waals surface area contributed by atoms with Crippen molar-refractivity contribution in [2.24, 2.45) is 5.41 Å². The van der Waals surface area contributed by atoms with Crippen LogP contribution in [0.25, 0.3) is 0 Å². The van der Waals surface area contributed by atoms with Crippen molar-refractivity contribution in [3.8, 4) is 0 Å². The van der Waals surface area contributed by atoms with Crippen LogP contribution in [0.15, 0.2) is 24.3 Å². The van der Waals surface area contributed by atoms with Crippen molar-refractivity contribution in [2.75, 3.05) is 38.0 Å². The summed E-state index contributed by atoms with van der Waals surface area (Å²) >= 11 is 0. The van der Waals surface area contributed by atoms with Crippen LogP contribution in [0.2, 0.25) is 0 Å². The average molecular weight is 423 g/mol. The van der Waals surface area contributed by atoms with Gasteiger partial charge in [0.2, 0.25) is 11.8 Å². The summed E-state index contributed by atoms with van der Waals surface area (Å²) in [6.07, 6.45) is 1.78. The van der Waals surface area contributed by atoms with Crippen LogP contribution in [0.1, 0.15) is 44.0 Å². The lowest BCUT2D eigenvalue weighted by molar-refractivity contribution is -0.135. The first-order valence-electron chi connectivity index (χ1n) is 9.97. The Morgan fingerprint density at radius 1 is 1.17 bits per heavy atom. The number of likely N-dealkylation sites (tertiary alicyclic amines) is 1. The van der Waals surface area contributed by atoms with Gasteiger partial charge in [-0.1, -0.05) is 32.9 Å². The lowest BCUT2D eigenvalue weighted by Crippen LogP contribution is -2.57. The van der Waals surface area contributed by atoms with Gasteiger partial charge in [0, 0.05) is 37.6 Å². The van der Waals surface area contributed by atoms with Gasteiger partial charge in [-0.15, -0.1) is 12.4 Å². The second-order valence-electron chi connectivity index (χ2n) is 8.56. The summed E-state index contributed by atoms with van der Waals surface area (Å²) < 4.78 is 0. The summed E-state index contributed by atoms with van der Waals surface area (Å²) in [5.74, 6) is -0.129. The molecule has 2 N–H and O–H groups in total. The number of nitrogens with one attached hydrogen (secondary N) is 2. The number of nitrogens with zero attached hydrogens (tertiary/aromatic N) is 2. The maximum Gasteiger partial charge on any atom is 0.256 e. The molecule has 160 valence electrons. The van der Waals surface area contributed by atoms with Crippen LogP contribution in [0.4, 0.5) is 5.69 Å². The van der Waals surface area contributed by atoms with Gasteiger partial charge < -0.3 is 20.4 Å². The Bertz CT molecular complexity index is 763. The maximum absolute atomic E-state index is 13.2. The lowest BCUT2D eigenvalue weighted by atomic mass is 9.95. The number of halogens is 1. The number of piperidine rings is 1. The van der Waals surface area contributed by atoms with Crippen LogP contribution in [0.3, 0.4) is 0 Å². The summed E-state index contributed by atoms with van der Waals surface area (Å²) in [6.45, 7) is 8.56. The molecule has 1 atom stereocenters. The van der Waals surface area contributed by atoms with Gasteiger partial charge in [0.15, 0.2) is 0 Å². The number of carbonyl (C=O) groups is 3. The van der Waals surface area contributed by atoms with E-state index in [1.165, 1.54) is 0 Å². The van der Waals surface area contributed by atoms with E-state index in [1.807, 2.05) is 36.6 Å². The molecular weight excluding hydrogens is 392 g/mol. The van der Waals surface area contributed by atoms with Crippen molar-refractivity contribution in [1.82, 2.24) is 15.1 Å². The molecule has 2 aliphatic rings. The second-order valence-corrected chi connectivity index (χ2v) is 8.56. The highest BCUT2D eigenvalue weighted by atomic mass is 35.5. The zero-order valence-corrected chi connectivity index (χ0v) is 18.2. The number of hydrogen-bond acceptors (Lipinski definition) is 4. The van der Waals surface area contributed by atoms with E-state index in [9.17, 15) is 14.4 Å². The third-order valence-corrected chi connectivity index (χ3v) is 5.34. The monoisotopic (exact) mass is 422 g/mol. The Kier molecular flexibility index (Phi) is 7.66. The van der Waals surface area contributed by atoms with E-state index in [2.05, 4.69) is 10.6 Å². The van der Waals surface area contributed by atoms with Crippen LogP contribution >= 0.6 is 12.4 Å². The van der Waals surface area contributed by atoms with Crippen molar-refractivity contribution < 1.29 is 14.4 Å². The van der Waals surface area contributed by atoms with Gasteiger partial charge in [0.1, 0.15) is 0 Å². The van der Waals surface area contributed by atoms with Gasteiger partial charge in [-0.3, -0.25) is 14.4 Å². The predicted molar refractivity (Wildman–Crippen MR) is 115 cm³/mol. The van der Waals surface area contributed by atoms with Crippen LogP contribution in [0.5, 0.6) is 0 Å². The Morgan fingerprint density at radius 3 is 2.59 bits per heavy atom. The number of para-hydroxylation sites is 1. The molecule has 0 aromatic heterocycles. The van der Waals surface area contributed by atoms with Gasteiger partial charge in [-0.05, 0) is 25.0 Å². The molecular formula is C21H31ClN4O3. The van der Waals surface area contributed by atoms with E-state index in [4.69, 9.17) is 0 Å². The molecule has 2 heterocycles. The fourth-order valence-corrected chi connectivity index (χ4v) is 3.66. The molecule has 7 nitrogen and oxygen atoms in total. The molecule has 0 saturated carbocycles. The van der Waals surface area contributed by atoms with Gasteiger partial charge in [-0.2, -0.15) is 0 Å². The zero-order chi connectivity index (χ0) is 20.3. The molecule has 2 saturated heterocycles. The SMILES string of the molecule is CC(C)(C)C(=O)Nc1ccccc1C(=O)N1CCCC(N2CCNCC2=O)C1.Cl. The van der Waals surface area contributed by atoms with E-state index in [0.717, 1.165) is 19.4 Å². The Hall–Kier alpha value is -2.12. The molecule has 8 heteroatoms. The molecule has 0 spiro atoms. The molecule has 3 rings (SSSR count). The summed E-state index contributed by atoms with van der Waals surface area (Å²) in [4.78, 5) is 41.6. The van der Waals surface area contributed by atoms with Gasteiger partial charge >= 0.3 is 0 Å². The Labute approximate surface area is 178 Å². The highest BCUT2D eigenvalue weighted by Gasteiger charge is 2.32. The second kappa shape index (κ2) is 9.59. The average Bonchev–Trinajstić information content (AvgIpc) is 2.67. The fourth-order valence-electron chi connectivity index (χ4n) is 3.66. The van der Waals surface area contributed by atoms with E-state index in [1.54, 1.807) is 18.2 Å². The predicted octanol–water partition coefficient (Wildman–Crippen LogP) is 2.13. The number of anilines is 1. The molecule has 0 bridgehead atoms. The topological polar surface area (TPSA) is 81.8 Å². The normalized spacial score (nSPS) is 20.1. The van der Waals surface area contributed by atoms with E-state index >= 15 is 0 Å². The van der Waals surface area contributed by atoms with Crippen molar-refractivity contribution in [2.45, 2.75) is 39.7 Å². The summed E-state index contributed by atoms with van der Waals surface area (Å²) in [5.41, 5.74) is 0.481. The molecule has 0 radical (unpaired) electrons. The molecule has 29 heavy (non-hydrogen) atoms. The number of amides is 3. The van der Waals surface area contributed by atoms with Crippen LogP contribution in [0, 0.1) is 5.41 Å². The first-order chi connectivity index (χ1) is 13.3. The van der Waals surface area contributed by atoms with Gasteiger partial charge in [0.25, 0.3) is 5.91 Å². The maximum atomic E-state index is 13.2. The van der Waals surface area contributed by atoms with E-state index in [0.29, 0.717) is 37.4 Å². The number of benzene rings is 1. The highest BCUT2D eigenvalue weighted by Crippen LogP contribution is 2.24. The molecule has 1 unspecified atom stereocenters. The minimum atomic E-state index is -0.547. The van der Waals surface area contributed by atoms with Crippen molar-refractivity contribution in [3.05, 3.63) is 29.8 Å². The third kappa shape index (κ3) is 5.48. The molecule has 1 aromatic rings. The largest absolute Gasteiger partial charge is 0.337 e. The highest BCUT2D eigenvalue weighted by molar-refractivity contribution is 6.04. The van der Waals surface area contributed by atoms with Crippen LogP contribution in [-0.4, -0.2) is 66.3 Å². The molecule has 2 fully saturated rings. The first-order valence-corrected chi connectivity index (χ1v) is 9.97. The van der Waals surface area contributed by atoms with Crippen LogP contribution in [-0.2, 0) is 9.59 Å². The van der Waals surface area contributed by atoms with Gasteiger partial charge in [-0.25, -0.2) is 0 Å². The number of carbonyl (C=O) groups excluding carboxylic acids is 3.